The molecule has 0 radical (unpaired) electrons. The molecule has 1 N–H and O–H groups in total. The molecule has 0 heterocycles. The van der Waals surface area contributed by atoms with E-state index in [-0.39, 0.29) is 6.04 Å². The van der Waals surface area contributed by atoms with Crippen LogP contribution < -0.4 is 5.32 Å². The van der Waals surface area contributed by atoms with Gasteiger partial charge < -0.3 is 5.32 Å². The Morgan fingerprint density at radius 3 is 2.32 bits per heavy atom. The first-order chi connectivity index (χ1) is 9.17. The summed E-state index contributed by atoms with van der Waals surface area (Å²) >= 11 is 1.64. The van der Waals surface area contributed by atoms with Crippen molar-refractivity contribution in [2.45, 2.75) is 10.9 Å². The largest absolute Gasteiger partial charge is 0.309 e. The van der Waals surface area contributed by atoms with Crippen molar-refractivity contribution in [3.63, 3.8) is 0 Å². The Morgan fingerprint density at radius 2 is 1.74 bits per heavy atom. The molecule has 1 unspecified atom stereocenters. The van der Waals surface area contributed by atoms with E-state index in [1.807, 2.05) is 30.5 Å². The molecule has 0 saturated carbocycles. The predicted molar refractivity (Wildman–Crippen MR) is 75.5 cm³/mol. The van der Waals surface area contributed by atoms with Crippen LogP contribution in [0.1, 0.15) is 17.2 Å². The van der Waals surface area contributed by atoms with Crippen molar-refractivity contribution in [2.75, 3.05) is 13.3 Å². The Bertz CT molecular complexity index is 555. The maximum atomic E-state index is 13.9. The van der Waals surface area contributed by atoms with Crippen LogP contribution in [0.15, 0.2) is 47.4 Å². The highest BCUT2D eigenvalue weighted by Gasteiger charge is 2.18. The summed E-state index contributed by atoms with van der Waals surface area (Å²) in [4.78, 5) is 1.14. The monoisotopic (exact) mass is 279 g/mol. The summed E-state index contributed by atoms with van der Waals surface area (Å²) in [5.41, 5.74) is 1.23. The van der Waals surface area contributed by atoms with Gasteiger partial charge in [-0.3, -0.25) is 0 Å². The average Bonchev–Trinajstić information content (AvgIpc) is 2.45. The summed E-state index contributed by atoms with van der Waals surface area (Å²) in [6.07, 6.45) is 2.00. The van der Waals surface area contributed by atoms with E-state index in [0.29, 0.717) is 5.56 Å². The first-order valence-electron chi connectivity index (χ1n) is 5.92. The Balaban J connectivity index is 2.40. The molecule has 0 aliphatic rings. The number of rotatable bonds is 4. The molecule has 0 amide bonds. The van der Waals surface area contributed by atoms with Crippen molar-refractivity contribution in [3.05, 3.63) is 65.2 Å². The zero-order valence-corrected chi connectivity index (χ0v) is 11.6. The number of halogens is 2. The minimum Gasteiger partial charge on any atom is -0.309 e. The maximum Gasteiger partial charge on any atom is 0.163 e. The summed E-state index contributed by atoms with van der Waals surface area (Å²) < 4.78 is 27.2. The van der Waals surface area contributed by atoms with Gasteiger partial charge in [0.2, 0.25) is 0 Å². The highest BCUT2D eigenvalue weighted by Crippen LogP contribution is 2.27. The van der Waals surface area contributed by atoms with Crippen LogP contribution in [0, 0.1) is 11.6 Å². The number of benzene rings is 2. The van der Waals surface area contributed by atoms with E-state index in [1.54, 1.807) is 24.9 Å². The van der Waals surface area contributed by atoms with Gasteiger partial charge in [-0.1, -0.05) is 24.3 Å². The van der Waals surface area contributed by atoms with E-state index in [4.69, 9.17) is 0 Å². The van der Waals surface area contributed by atoms with Crippen molar-refractivity contribution in [1.82, 2.24) is 5.32 Å². The third-order valence-corrected chi connectivity index (χ3v) is 3.77. The van der Waals surface area contributed by atoms with Crippen LogP contribution in [-0.4, -0.2) is 13.3 Å². The first kappa shape index (κ1) is 14.0. The third-order valence-electron chi connectivity index (χ3n) is 3.03. The van der Waals surface area contributed by atoms with E-state index < -0.39 is 11.6 Å². The SMILES string of the molecule is CNC(c1ccc(SC)cc1)c1cccc(F)c1F. The molecule has 100 valence electrons. The van der Waals surface area contributed by atoms with Crippen molar-refractivity contribution in [3.8, 4) is 0 Å². The molecule has 19 heavy (non-hydrogen) atoms. The summed E-state index contributed by atoms with van der Waals surface area (Å²) in [7, 11) is 1.73. The summed E-state index contributed by atoms with van der Waals surface area (Å²) in [5.74, 6) is -1.62. The molecular formula is C15H15F2NS. The molecule has 1 atom stereocenters. The second-order valence-electron chi connectivity index (χ2n) is 4.14. The molecular weight excluding hydrogens is 264 g/mol. The quantitative estimate of drug-likeness (QED) is 0.849. The van der Waals surface area contributed by atoms with Crippen LogP contribution >= 0.6 is 11.8 Å². The van der Waals surface area contributed by atoms with Gasteiger partial charge in [-0.05, 0) is 37.1 Å². The zero-order chi connectivity index (χ0) is 13.8. The topological polar surface area (TPSA) is 12.0 Å². The molecule has 0 aromatic heterocycles. The molecule has 0 aliphatic carbocycles. The van der Waals surface area contributed by atoms with E-state index in [2.05, 4.69) is 5.32 Å². The molecule has 0 saturated heterocycles. The molecule has 0 bridgehead atoms. The van der Waals surface area contributed by atoms with Crippen LogP contribution in [0.2, 0.25) is 0 Å². The fourth-order valence-corrected chi connectivity index (χ4v) is 2.45. The third kappa shape index (κ3) is 2.96. The molecule has 2 aromatic carbocycles. The molecule has 0 spiro atoms. The van der Waals surface area contributed by atoms with Crippen molar-refractivity contribution < 1.29 is 8.78 Å². The van der Waals surface area contributed by atoms with Gasteiger partial charge in [0.1, 0.15) is 0 Å². The summed E-state index contributed by atoms with van der Waals surface area (Å²) in [5, 5.41) is 3.03. The van der Waals surface area contributed by atoms with Gasteiger partial charge in [-0.15, -0.1) is 11.8 Å². The van der Waals surface area contributed by atoms with Gasteiger partial charge >= 0.3 is 0 Å². The second kappa shape index (κ2) is 6.17. The van der Waals surface area contributed by atoms with Crippen molar-refractivity contribution >= 4 is 11.8 Å². The minimum absolute atomic E-state index is 0.319. The lowest BCUT2D eigenvalue weighted by atomic mass is 9.98. The lowest BCUT2D eigenvalue weighted by Crippen LogP contribution is -2.19. The fraction of sp³-hybridized carbons (Fsp3) is 0.200. The average molecular weight is 279 g/mol. The van der Waals surface area contributed by atoms with Crippen LogP contribution in [-0.2, 0) is 0 Å². The van der Waals surface area contributed by atoms with Crippen LogP contribution in [0.4, 0.5) is 8.78 Å². The van der Waals surface area contributed by atoms with Gasteiger partial charge in [0.15, 0.2) is 11.6 Å². The Kier molecular flexibility index (Phi) is 4.56. The lowest BCUT2D eigenvalue weighted by molar-refractivity contribution is 0.487. The molecule has 0 fully saturated rings. The highest BCUT2D eigenvalue weighted by molar-refractivity contribution is 7.98. The number of thioether (sulfide) groups is 1. The van der Waals surface area contributed by atoms with Gasteiger partial charge in [-0.25, -0.2) is 8.78 Å². The lowest BCUT2D eigenvalue weighted by Gasteiger charge is -2.18. The Labute approximate surface area is 116 Å². The van der Waals surface area contributed by atoms with Gasteiger partial charge in [0, 0.05) is 10.5 Å². The molecule has 4 heteroatoms. The van der Waals surface area contributed by atoms with Crippen LogP contribution in [0.25, 0.3) is 0 Å². The Morgan fingerprint density at radius 1 is 1.05 bits per heavy atom. The van der Waals surface area contributed by atoms with E-state index in [9.17, 15) is 8.78 Å². The molecule has 1 nitrogen and oxygen atoms in total. The number of nitrogens with one attached hydrogen (secondary N) is 1. The van der Waals surface area contributed by atoms with Crippen molar-refractivity contribution in [2.24, 2.45) is 0 Å². The molecule has 2 aromatic rings. The standard InChI is InChI=1S/C15H15F2NS/c1-18-15(10-6-8-11(19-2)9-7-10)12-4-3-5-13(16)14(12)17/h3-9,15,18H,1-2H3. The summed E-state index contributed by atoms with van der Waals surface area (Å²) in [6, 6.07) is 11.7. The second-order valence-corrected chi connectivity index (χ2v) is 5.02. The van der Waals surface area contributed by atoms with Gasteiger partial charge in [-0.2, -0.15) is 0 Å². The fourth-order valence-electron chi connectivity index (χ4n) is 2.04. The highest BCUT2D eigenvalue weighted by atomic mass is 32.2. The zero-order valence-electron chi connectivity index (χ0n) is 10.8. The first-order valence-corrected chi connectivity index (χ1v) is 7.15. The molecule has 2 rings (SSSR count). The van der Waals surface area contributed by atoms with E-state index >= 15 is 0 Å². The van der Waals surface area contributed by atoms with Gasteiger partial charge in [0.25, 0.3) is 0 Å². The number of hydrogen-bond donors (Lipinski definition) is 1. The van der Waals surface area contributed by atoms with E-state index in [0.717, 1.165) is 16.5 Å². The van der Waals surface area contributed by atoms with Crippen LogP contribution in [0.5, 0.6) is 0 Å². The van der Waals surface area contributed by atoms with Crippen LogP contribution in [0.3, 0.4) is 0 Å². The van der Waals surface area contributed by atoms with Crippen molar-refractivity contribution in [1.29, 1.82) is 0 Å². The Hall–Kier alpha value is -1.39. The summed E-state index contributed by atoms with van der Waals surface area (Å²) in [6.45, 7) is 0. The van der Waals surface area contributed by atoms with Gasteiger partial charge in [0.05, 0.1) is 6.04 Å². The molecule has 0 aliphatic heterocycles. The smallest absolute Gasteiger partial charge is 0.163 e. The van der Waals surface area contributed by atoms with E-state index in [1.165, 1.54) is 6.07 Å². The predicted octanol–water partition coefficient (Wildman–Crippen LogP) is 4.00. The minimum atomic E-state index is -0.821. The maximum absolute atomic E-state index is 13.9. The number of hydrogen-bond acceptors (Lipinski definition) is 2. The normalized spacial score (nSPS) is 12.4.